The van der Waals surface area contributed by atoms with Gasteiger partial charge in [-0.25, -0.2) is 0 Å². The van der Waals surface area contributed by atoms with Gasteiger partial charge in [-0.2, -0.15) is 0 Å². The van der Waals surface area contributed by atoms with Gasteiger partial charge >= 0.3 is 0 Å². The van der Waals surface area contributed by atoms with Gasteiger partial charge in [0.05, 0.1) is 0 Å². The fourth-order valence-electron chi connectivity index (χ4n) is 1.06. The van der Waals surface area contributed by atoms with E-state index in [1.807, 2.05) is 0 Å². The lowest BCUT2D eigenvalue weighted by Crippen LogP contribution is -2.44. The lowest BCUT2D eigenvalue weighted by atomic mass is 10.8. The lowest BCUT2D eigenvalue weighted by molar-refractivity contribution is -0.118. The van der Waals surface area contributed by atoms with Crippen molar-refractivity contribution in [2.75, 3.05) is 0 Å². The van der Waals surface area contributed by atoms with Crippen LogP contribution >= 0.6 is 0 Å². The Balaban J connectivity index is 0. The molecule has 0 unspecified atom stereocenters. The maximum absolute atomic E-state index is 10.4. The van der Waals surface area contributed by atoms with E-state index in [1.165, 1.54) is 0 Å². The molecule has 0 radical (unpaired) electrons. The molecule has 0 aliphatic rings. The number of nitrogens with one attached hydrogen (secondary N) is 2. The number of carbonyl (C=O) groups excluding carboxylic acids is 2. The summed E-state index contributed by atoms with van der Waals surface area (Å²) >= 11 is 0. The molecule has 0 saturated carbocycles. The van der Waals surface area contributed by atoms with E-state index in [-0.39, 0.29) is 11.8 Å². The number of hydrogen-bond donors (Lipinski definition) is 2. The molecular weight excluding hydrogens is 236 g/mol. The van der Waals surface area contributed by atoms with Gasteiger partial charge in [-0.1, -0.05) is 39.3 Å². The van der Waals surface area contributed by atoms with E-state index in [9.17, 15) is 9.59 Å². The maximum Gasteiger partial charge on any atom is 0.209 e. The first kappa shape index (κ1) is 17.8. The van der Waals surface area contributed by atoms with Crippen molar-refractivity contribution in [3.05, 3.63) is 0 Å². The zero-order chi connectivity index (χ0) is 13.6. The summed E-state index contributed by atoms with van der Waals surface area (Å²) in [4.78, 5) is 26.5. The van der Waals surface area contributed by atoms with Crippen LogP contribution in [0.1, 0.15) is 13.8 Å². The second kappa shape index (κ2) is 6.85. The minimum atomic E-state index is -1.32. The average Bonchev–Trinajstić information content (AvgIpc) is 1.72. The van der Waals surface area contributed by atoms with Gasteiger partial charge in [0.25, 0.3) is 0 Å². The summed E-state index contributed by atoms with van der Waals surface area (Å²) in [6.45, 7) is 15.7. The third kappa shape index (κ3) is 23.3. The molecule has 0 aromatic rings. The molecule has 0 saturated heterocycles. The highest BCUT2D eigenvalue weighted by Gasteiger charge is 2.13. The Kier molecular flexibility index (Phi) is 7.60. The molecule has 0 aromatic carbocycles. The van der Waals surface area contributed by atoms with Gasteiger partial charge in [-0.05, 0) is 0 Å². The molecule has 0 spiro atoms. The number of hydrogen-bond acceptors (Lipinski definition) is 2. The van der Waals surface area contributed by atoms with Crippen LogP contribution in [-0.4, -0.2) is 28.3 Å². The molecule has 96 valence electrons. The van der Waals surface area contributed by atoms with E-state index in [0.29, 0.717) is 0 Å². The molecule has 16 heavy (non-hydrogen) atoms. The van der Waals surface area contributed by atoms with Crippen molar-refractivity contribution in [2.24, 2.45) is 0 Å². The fourth-order valence-corrected chi connectivity index (χ4v) is 3.17. The predicted molar refractivity (Wildman–Crippen MR) is 74.3 cm³/mol. The fraction of sp³-hybridized carbons (Fsp3) is 0.800. The minimum Gasteiger partial charge on any atom is -0.383 e. The molecule has 0 rings (SSSR count). The largest absolute Gasteiger partial charge is 0.383 e. The second-order valence-electron chi connectivity index (χ2n) is 5.86. The van der Waals surface area contributed by atoms with Crippen LogP contribution in [0.3, 0.4) is 0 Å². The van der Waals surface area contributed by atoms with E-state index in [2.05, 4.69) is 49.2 Å². The van der Waals surface area contributed by atoms with Crippen LogP contribution < -0.4 is 9.96 Å². The predicted octanol–water partition coefficient (Wildman–Crippen LogP) is 1.91. The number of carbonyl (C=O) groups is 2. The monoisotopic (exact) mass is 262 g/mol. The van der Waals surface area contributed by atoms with E-state index in [0.717, 1.165) is 0 Å². The van der Waals surface area contributed by atoms with Crippen LogP contribution in [-0.2, 0) is 9.59 Å². The average molecular weight is 263 g/mol. The van der Waals surface area contributed by atoms with Gasteiger partial charge in [-0.3, -0.25) is 9.59 Å². The third-order valence-electron chi connectivity index (χ3n) is 1.10. The molecule has 2 amide bonds. The highest BCUT2D eigenvalue weighted by molar-refractivity contribution is 6.76. The molecule has 0 atom stereocenters. The van der Waals surface area contributed by atoms with Crippen molar-refractivity contribution in [3.8, 4) is 0 Å². The summed E-state index contributed by atoms with van der Waals surface area (Å²) in [7, 11) is -2.64. The molecule has 0 bridgehead atoms. The first-order valence-electron chi connectivity index (χ1n) is 5.41. The van der Waals surface area contributed by atoms with Gasteiger partial charge < -0.3 is 9.96 Å². The van der Waals surface area contributed by atoms with Crippen LogP contribution in [0.4, 0.5) is 0 Å². The van der Waals surface area contributed by atoms with E-state index in [1.54, 1.807) is 13.8 Å². The summed E-state index contributed by atoms with van der Waals surface area (Å²) in [5.74, 6) is 0.174. The SMILES string of the molecule is CC(=O)N[Si](C)(C)C.CC(=O)N[Si](C)(C)C. The number of rotatable bonds is 2. The first-order valence-corrected chi connectivity index (χ1v) is 12.4. The second-order valence-corrected chi connectivity index (χ2v) is 15.4. The molecule has 0 fully saturated rings. The Morgan fingerprint density at radius 1 is 0.688 bits per heavy atom. The summed E-state index contributed by atoms with van der Waals surface area (Å²) in [5, 5.41) is 0. The molecule has 4 nitrogen and oxygen atoms in total. The summed E-state index contributed by atoms with van der Waals surface area (Å²) in [5.41, 5.74) is 0. The molecule has 0 aliphatic heterocycles. The Labute approximate surface area is 101 Å². The lowest BCUT2D eigenvalue weighted by Gasteiger charge is -2.15. The zero-order valence-electron chi connectivity index (χ0n) is 11.8. The Morgan fingerprint density at radius 3 is 0.875 bits per heavy atom. The molecule has 0 heterocycles. The molecule has 6 heteroatoms. The summed E-state index contributed by atoms with van der Waals surface area (Å²) in [6.07, 6.45) is 0. The van der Waals surface area contributed by atoms with Crippen molar-refractivity contribution in [2.45, 2.75) is 53.1 Å². The Bertz CT molecular complexity index is 216. The van der Waals surface area contributed by atoms with Gasteiger partial charge in [0.2, 0.25) is 11.8 Å². The van der Waals surface area contributed by atoms with Crippen molar-refractivity contribution in [1.82, 2.24) is 9.96 Å². The molecular formula is C10H26N2O2Si2. The van der Waals surface area contributed by atoms with E-state index >= 15 is 0 Å². The maximum atomic E-state index is 10.4. The minimum absolute atomic E-state index is 0.0872. The van der Waals surface area contributed by atoms with Gasteiger partial charge in [0, 0.05) is 13.8 Å². The standard InChI is InChI=1S/2C5H13NOSi/c2*1-5(7)6-8(2,3)4/h2*1-4H3,(H,6,7). The van der Waals surface area contributed by atoms with E-state index in [4.69, 9.17) is 0 Å². The van der Waals surface area contributed by atoms with Gasteiger partial charge in [-0.15, -0.1) is 0 Å². The Morgan fingerprint density at radius 2 is 0.875 bits per heavy atom. The number of amides is 2. The highest BCUT2D eigenvalue weighted by Crippen LogP contribution is 1.92. The molecule has 0 aliphatic carbocycles. The van der Waals surface area contributed by atoms with Crippen LogP contribution in [0.2, 0.25) is 39.3 Å². The quantitative estimate of drug-likeness (QED) is 0.747. The van der Waals surface area contributed by atoms with Crippen molar-refractivity contribution in [1.29, 1.82) is 0 Å². The van der Waals surface area contributed by atoms with Crippen molar-refractivity contribution in [3.63, 3.8) is 0 Å². The first-order chi connectivity index (χ1) is 6.83. The van der Waals surface area contributed by atoms with E-state index < -0.39 is 16.5 Å². The summed E-state index contributed by atoms with van der Waals surface area (Å²) in [6, 6.07) is 0. The van der Waals surface area contributed by atoms with Gasteiger partial charge in [0.15, 0.2) is 0 Å². The van der Waals surface area contributed by atoms with Crippen LogP contribution in [0.5, 0.6) is 0 Å². The van der Waals surface area contributed by atoms with Crippen LogP contribution in [0.15, 0.2) is 0 Å². The Hall–Kier alpha value is -0.626. The third-order valence-corrected chi connectivity index (χ3v) is 3.31. The van der Waals surface area contributed by atoms with Crippen LogP contribution in [0.25, 0.3) is 0 Å². The van der Waals surface area contributed by atoms with Crippen molar-refractivity contribution < 1.29 is 9.59 Å². The van der Waals surface area contributed by atoms with Crippen molar-refractivity contribution >= 4 is 28.3 Å². The smallest absolute Gasteiger partial charge is 0.209 e. The van der Waals surface area contributed by atoms with Crippen LogP contribution in [0, 0.1) is 0 Å². The molecule has 0 aromatic heterocycles. The normalized spacial score (nSPS) is 11.0. The highest BCUT2D eigenvalue weighted by atomic mass is 28.3. The topological polar surface area (TPSA) is 58.2 Å². The molecule has 2 N–H and O–H groups in total. The zero-order valence-corrected chi connectivity index (χ0v) is 13.8. The van der Waals surface area contributed by atoms with Gasteiger partial charge in [0.1, 0.15) is 16.5 Å². The summed E-state index contributed by atoms with van der Waals surface area (Å²) < 4.78 is 0.